The van der Waals surface area contributed by atoms with E-state index in [-0.39, 0.29) is 0 Å². The van der Waals surface area contributed by atoms with Gasteiger partial charge in [-0.05, 0) is 18.4 Å². The second-order valence-corrected chi connectivity index (χ2v) is 5.46. The zero-order valence-electron chi connectivity index (χ0n) is 12.0. The first-order valence-electron chi connectivity index (χ1n) is 6.93. The van der Waals surface area contributed by atoms with E-state index >= 15 is 0 Å². The molecular weight excluding hydrogens is 234 g/mol. The highest BCUT2D eigenvalue weighted by atomic mass is 15.1. The maximum Gasteiger partial charge on any atom is 0.0946 e. The van der Waals surface area contributed by atoms with Gasteiger partial charge in [-0.25, -0.2) is 4.98 Å². The molecule has 0 fully saturated rings. The fourth-order valence-corrected chi connectivity index (χ4v) is 2.40. The molecule has 1 N–H and O–H groups in total. The molecule has 1 aromatic carbocycles. The molecule has 0 saturated heterocycles. The molecule has 0 aliphatic rings. The van der Waals surface area contributed by atoms with Gasteiger partial charge in [0.1, 0.15) is 0 Å². The second-order valence-electron chi connectivity index (χ2n) is 5.46. The molecule has 0 radical (unpaired) electrons. The van der Waals surface area contributed by atoms with Crippen LogP contribution < -0.4 is 5.32 Å². The Morgan fingerprint density at radius 3 is 2.47 bits per heavy atom. The predicted molar refractivity (Wildman–Crippen MR) is 78.8 cm³/mol. The van der Waals surface area contributed by atoms with Gasteiger partial charge >= 0.3 is 0 Å². The van der Waals surface area contributed by atoms with Crippen LogP contribution in [-0.2, 0) is 6.54 Å². The van der Waals surface area contributed by atoms with E-state index in [0.29, 0.717) is 18.0 Å². The standard InChI is InChI=1S/C16H23N3/c1-13(2)16(15-7-5-4-6-8-15)18-14(3)11-19-10-9-17-12-19/h4-10,12-14,16,18H,11H2,1-3H3. The van der Waals surface area contributed by atoms with Crippen LogP contribution in [0.4, 0.5) is 0 Å². The Bertz CT molecular complexity index is 462. The average Bonchev–Trinajstić information content (AvgIpc) is 2.89. The summed E-state index contributed by atoms with van der Waals surface area (Å²) in [6, 6.07) is 11.5. The Morgan fingerprint density at radius 2 is 1.89 bits per heavy atom. The summed E-state index contributed by atoms with van der Waals surface area (Å²) in [5, 5.41) is 3.72. The summed E-state index contributed by atoms with van der Waals surface area (Å²) in [6.07, 6.45) is 5.69. The van der Waals surface area contributed by atoms with E-state index in [0.717, 1.165) is 6.54 Å². The van der Waals surface area contributed by atoms with Crippen LogP contribution in [0.25, 0.3) is 0 Å². The third-order valence-electron chi connectivity index (χ3n) is 3.33. The molecule has 19 heavy (non-hydrogen) atoms. The smallest absolute Gasteiger partial charge is 0.0946 e. The van der Waals surface area contributed by atoms with Crippen molar-refractivity contribution in [2.45, 2.75) is 39.4 Å². The first kappa shape index (κ1) is 13.8. The van der Waals surface area contributed by atoms with Crippen LogP contribution in [0.5, 0.6) is 0 Å². The lowest BCUT2D eigenvalue weighted by molar-refractivity contribution is 0.348. The largest absolute Gasteiger partial charge is 0.336 e. The Balaban J connectivity index is 2.01. The van der Waals surface area contributed by atoms with E-state index in [9.17, 15) is 0 Å². The number of benzene rings is 1. The summed E-state index contributed by atoms with van der Waals surface area (Å²) in [6.45, 7) is 7.68. The van der Waals surface area contributed by atoms with E-state index in [1.54, 1.807) is 0 Å². The van der Waals surface area contributed by atoms with Gasteiger partial charge < -0.3 is 9.88 Å². The highest BCUT2D eigenvalue weighted by Gasteiger charge is 2.17. The van der Waals surface area contributed by atoms with Crippen molar-refractivity contribution in [1.82, 2.24) is 14.9 Å². The monoisotopic (exact) mass is 257 g/mol. The van der Waals surface area contributed by atoms with Crippen molar-refractivity contribution in [1.29, 1.82) is 0 Å². The lowest BCUT2D eigenvalue weighted by Gasteiger charge is -2.27. The minimum absolute atomic E-state index is 0.389. The van der Waals surface area contributed by atoms with Gasteiger partial charge in [0.25, 0.3) is 0 Å². The summed E-state index contributed by atoms with van der Waals surface area (Å²) in [4.78, 5) is 4.08. The molecule has 2 aromatic rings. The molecule has 0 aliphatic heterocycles. The van der Waals surface area contributed by atoms with Gasteiger partial charge in [-0.3, -0.25) is 0 Å². The number of hydrogen-bond donors (Lipinski definition) is 1. The summed E-state index contributed by atoms with van der Waals surface area (Å²) in [7, 11) is 0. The number of nitrogens with zero attached hydrogens (tertiary/aromatic N) is 2. The predicted octanol–water partition coefficient (Wildman–Crippen LogP) is 3.26. The van der Waals surface area contributed by atoms with Gasteiger partial charge in [0.05, 0.1) is 6.33 Å². The summed E-state index contributed by atoms with van der Waals surface area (Å²) in [5.41, 5.74) is 1.36. The second kappa shape index (κ2) is 6.53. The highest BCUT2D eigenvalue weighted by Crippen LogP contribution is 2.22. The van der Waals surface area contributed by atoms with Crippen molar-refractivity contribution in [2.24, 2.45) is 5.92 Å². The maximum absolute atomic E-state index is 4.08. The van der Waals surface area contributed by atoms with Crippen LogP contribution in [0, 0.1) is 5.92 Å². The van der Waals surface area contributed by atoms with Gasteiger partial charge in [-0.1, -0.05) is 44.2 Å². The fraction of sp³-hybridized carbons (Fsp3) is 0.438. The van der Waals surface area contributed by atoms with Crippen molar-refractivity contribution in [3.05, 3.63) is 54.6 Å². The summed E-state index contributed by atoms with van der Waals surface area (Å²) < 4.78 is 2.11. The van der Waals surface area contributed by atoms with Crippen molar-refractivity contribution in [2.75, 3.05) is 0 Å². The van der Waals surface area contributed by atoms with Gasteiger partial charge in [0.15, 0.2) is 0 Å². The number of nitrogens with one attached hydrogen (secondary N) is 1. The molecule has 0 bridgehead atoms. The van der Waals surface area contributed by atoms with Crippen LogP contribution in [0.2, 0.25) is 0 Å². The molecule has 2 unspecified atom stereocenters. The lowest BCUT2D eigenvalue weighted by atomic mass is 9.95. The number of rotatable bonds is 6. The molecule has 1 aromatic heterocycles. The normalized spacial score (nSPS) is 14.5. The Hall–Kier alpha value is -1.61. The molecule has 2 rings (SSSR count). The first-order valence-corrected chi connectivity index (χ1v) is 6.93. The molecule has 3 nitrogen and oxygen atoms in total. The molecule has 0 aliphatic carbocycles. The average molecular weight is 257 g/mol. The third-order valence-corrected chi connectivity index (χ3v) is 3.33. The van der Waals surface area contributed by atoms with Gasteiger partial charge in [0.2, 0.25) is 0 Å². The molecular formula is C16H23N3. The first-order chi connectivity index (χ1) is 9.16. The van der Waals surface area contributed by atoms with E-state index < -0.39 is 0 Å². The van der Waals surface area contributed by atoms with Crippen molar-refractivity contribution in [3.8, 4) is 0 Å². The quantitative estimate of drug-likeness (QED) is 0.861. The Labute approximate surface area is 115 Å². The van der Waals surface area contributed by atoms with Gasteiger partial charge in [-0.2, -0.15) is 0 Å². The number of imidazole rings is 1. The highest BCUT2D eigenvalue weighted by molar-refractivity contribution is 5.19. The minimum Gasteiger partial charge on any atom is -0.336 e. The molecule has 2 atom stereocenters. The lowest BCUT2D eigenvalue weighted by Crippen LogP contribution is -2.36. The zero-order valence-corrected chi connectivity index (χ0v) is 12.0. The fourth-order valence-electron chi connectivity index (χ4n) is 2.40. The van der Waals surface area contributed by atoms with Gasteiger partial charge in [0, 0.05) is 31.0 Å². The van der Waals surface area contributed by atoms with E-state index in [2.05, 4.69) is 66.0 Å². The van der Waals surface area contributed by atoms with Crippen LogP contribution in [0.15, 0.2) is 49.1 Å². The van der Waals surface area contributed by atoms with Crippen molar-refractivity contribution < 1.29 is 0 Å². The van der Waals surface area contributed by atoms with Crippen molar-refractivity contribution >= 4 is 0 Å². The van der Waals surface area contributed by atoms with E-state index in [4.69, 9.17) is 0 Å². The third kappa shape index (κ3) is 3.93. The van der Waals surface area contributed by atoms with Crippen LogP contribution >= 0.6 is 0 Å². The summed E-state index contributed by atoms with van der Waals surface area (Å²) >= 11 is 0. The molecule has 3 heteroatoms. The molecule has 102 valence electrons. The van der Waals surface area contributed by atoms with Crippen LogP contribution in [-0.4, -0.2) is 15.6 Å². The number of aromatic nitrogens is 2. The SMILES string of the molecule is CC(Cn1ccnc1)NC(c1ccccc1)C(C)C. The molecule has 0 amide bonds. The maximum atomic E-state index is 4.08. The Morgan fingerprint density at radius 1 is 1.16 bits per heavy atom. The van der Waals surface area contributed by atoms with Crippen LogP contribution in [0.1, 0.15) is 32.4 Å². The molecule has 0 saturated carbocycles. The zero-order chi connectivity index (χ0) is 13.7. The van der Waals surface area contributed by atoms with Crippen LogP contribution in [0.3, 0.4) is 0 Å². The topological polar surface area (TPSA) is 29.9 Å². The van der Waals surface area contributed by atoms with Crippen molar-refractivity contribution in [3.63, 3.8) is 0 Å². The van der Waals surface area contributed by atoms with Gasteiger partial charge in [-0.15, -0.1) is 0 Å². The molecule has 1 heterocycles. The van der Waals surface area contributed by atoms with E-state index in [1.807, 2.05) is 18.7 Å². The Kier molecular flexibility index (Phi) is 4.74. The van der Waals surface area contributed by atoms with E-state index in [1.165, 1.54) is 5.56 Å². The summed E-state index contributed by atoms with van der Waals surface area (Å²) in [5.74, 6) is 0.563. The molecule has 0 spiro atoms. The number of hydrogen-bond acceptors (Lipinski definition) is 2. The minimum atomic E-state index is 0.389.